The van der Waals surface area contributed by atoms with Crippen molar-refractivity contribution in [3.8, 4) is 0 Å². The zero-order chi connectivity index (χ0) is 14.9. The maximum absolute atomic E-state index is 12.6. The second-order valence-corrected chi connectivity index (χ2v) is 7.67. The minimum Gasteiger partial charge on any atom is -0.383 e. The first kappa shape index (κ1) is 14.8. The predicted molar refractivity (Wildman–Crippen MR) is 84.5 cm³/mol. The number of nitrogens with zero attached hydrogens (tertiary/aromatic N) is 1. The van der Waals surface area contributed by atoms with Gasteiger partial charge < -0.3 is 5.32 Å². The van der Waals surface area contributed by atoms with E-state index in [2.05, 4.69) is 10.0 Å². The molecule has 0 radical (unpaired) electrons. The van der Waals surface area contributed by atoms with E-state index in [1.54, 1.807) is 4.31 Å². The predicted octanol–water partition coefficient (Wildman–Crippen LogP) is 1.73. The number of benzene rings is 1. The van der Waals surface area contributed by atoms with E-state index < -0.39 is 10.2 Å². The van der Waals surface area contributed by atoms with Crippen LogP contribution in [-0.2, 0) is 16.6 Å². The van der Waals surface area contributed by atoms with E-state index in [0.717, 1.165) is 31.4 Å². The number of anilines is 1. The number of piperidine rings is 1. The van der Waals surface area contributed by atoms with Gasteiger partial charge in [0, 0.05) is 30.9 Å². The second-order valence-electron chi connectivity index (χ2n) is 6.02. The molecule has 116 valence electrons. The fourth-order valence-electron chi connectivity index (χ4n) is 3.23. The Morgan fingerprint density at radius 2 is 2.10 bits per heavy atom. The quantitative estimate of drug-likeness (QED) is 0.894. The van der Waals surface area contributed by atoms with Crippen LogP contribution in [0.5, 0.6) is 0 Å². The van der Waals surface area contributed by atoms with Gasteiger partial charge in [0.05, 0.1) is 0 Å². The Hall–Kier alpha value is -1.11. The van der Waals surface area contributed by atoms with Crippen LogP contribution in [0, 0.1) is 0 Å². The van der Waals surface area contributed by atoms with Crippen LogP contribution in [0.1, 0.15) is 31.7 Å². The first-order valence-electron chi connectivity index (χ1n) is 7.67. The van der Waals surface area contributed by atoms with Gasteiger partial charge in [0.25, 0.3) is 10.2 Å². The molecule has 5 nitrogen and oxygen atoms in total. The molecule has 2 aliphatic rings. The molecule has 2 heterocycles. The van der Waals surface area contributed by atoms with Gasteiger partial charge in [0.1, 0.15) is 0 Å². The Labute approximate surface area is 126 Å². The zero-order valence-corrected chi connectivity index (χ0v) is 13.2. The van der Waals surface area contributed by atoms with Gasteiger partial charge in [-0.25, -0.2) is 0 Å². The van der Waals surface area contributed by atoms with Crippen molar-refractivity contribution in [2.45, 2.75) is 44.7 Å². The fourth-order valence-corrected chi connectivity index (χ4v) is 4.90. The van der Waals surface area contributed by atoms with Gasteiger partial charge in [-0.3, -0.25) is 0 Å². The summed E-state index contributed by atoms with van der Waals surface area (Å²) >= 11 is 0. The molecule has 0 amide bonds. The number of rotatable bonds is 3. The SMILES string of the molecule is CC1CCCCN1S(=O)(=O)NC1CNc2ccccc2C1. The molecule has 1 aromatic carbocycles. The Morgan fingerprint density at radius 1 is 1.29 bits per heavy atom. The van der Waals surface area contributed by atoms with E-state index in [4.69, 9.17) is 0 Å². The van der Waals surface area contributed by atoms with E-state index in [-0.39, 0.29) is 12.1 Å². The molecule has 2 aliphatic heterocycles. The number of hydrogen-bond donors (Lipinski definition) is 2. The van der Waals surface area contributed by atoms with Crippen LogP contribution in [0.2, 0.25) is 0 Å². The molecule has 2 N–H and O–H groups in total. The average Bonchev–Trinajstić information content (AvgIpc) is 2.47. The van der Waals surface area contributed by atoms with Crippen molar-refractivity contribution in [2.75, 3.05) is 18.4 Å². The number of nitrogens with one attached hydrogen (secondary N) is 2. The molecule has 2 unspecified atom stereocenters. The molecule has 0 saturated carbocycles. The molecule has 21 heavy (non-hydrogen) atoms. The molecule has 0 spiro atoms. The Balaban J connectivity index is 1.69. The van der Waals surface area contributed by atoms with Crippen LogP contribution >= 0.6 is 0 Å². The van der Waals surface area contributed by atoms with E-state index in [1.165, 1.54) is 5.56 Å². The highest BCUT2D eigenvalue weighted by atomic mass is 32.2. The normalized spacial score (nSPS) is 26.9. The average molecular weight is 309 g/mol. The Morgan fingerprint density at radius 3 is 2.90 bits per heavy atom. The van der Waals surface area contributed by atoms with Crippen molar-refractivity contribution in [3.63, 3.8) is 0 Å². The minimum atomic E-state index is -3.39. The topological polar surface area (TPSA) is 61.4 Å². The summed E-state index contributed by atoms with van der Waals surface area (Å²) in [6, 6.07) is 8.08. The van der Waals surface area contributed by atoms with Crippen molar-refractivity contribution in [2.24, 2.45) is 0 Å². The summed E-state index contributed by atoms with van der Waals surface area (Å²) in [5, 5.41) is 3.30. The van der Waals surface area contributed by atoms with E-state index >= 15 is 0 Å². The van der Waals surface area contributed by atoms with Crippen LogP contribution in [0.15, 0.2) is 24.3 Å². The largest absolute Gasteiger partial charge is 0.383 e. The molecule has 2 atom stereocenters. The van der Waals surface area contributed by atoms with E-state index in [0.29, 0.717) is 13.1 Å². The summed E-state index contributed by atoms with van der Waals surface area (Å²) in [6.07, 6.45) is 3.76. The zero-order valence-electron chi connectivity index (χ0n) is 12.4. The summed E-state index contributed by atoms with van der Waals surface area (Å²) in [5.74, 6) is 0. The van der Waals surface area contributed by atoms with Crippen molar-refractivity contribution in [1.82, 2.24) is 9.03 Å². The molecule has 0 aliphatic carbocycles. The summed E-state index contributed by atoms with van der Waals surface area (Å²) in [4.78, 5) is 0. The lowest BCUT2D eigenvalue weighted by atomic mass is 10.0. The molecule has 1 saturated heterocycles. The highest BCUT2D eigenvalue weighted by Gasteiger charge is 2.32. The lowest BCUT2D eigenvalue weighted by Gasteiger charge is -2.34. The van der Waals surface area contributed by atoms with Crippen molar-refractivity contribution in [1.29, 1.82) is 0 Å². The smallest absolute Gasteiger partial charge is 0.280 e. The molecule has 6 heteroatoms. The standard InChI is InChI=1S/C15H23N3O2S/c1-12-6-4-5-9-18(12)21(19,20)17-14-10-13-7-2-3-8-15(13)16-11-14/h2-3,7-8,12,14,16-17H,4-6,9-11H2,1H3. The number of hydrogen-bond acceptors (Lipinski definition) is 3. The molecule has 1 fully saturated rings. The molecular weight excluding hydrogens is 286 g/mol. The highest BCUT2D eigenvalue weighted by molar-refractivity contribution is 7.87. The minimum absolute atomic E-state index is 0.0842. The van der Waals surface area contributed by atoms with Crippen molar-refractivity contribution >= 4 is 15.9 Å². The van der Waals surface area contributed by atoms with E-state index in [9.17, 15) is 8.42 Å². The lowest BCUT2D eigenvalue weighted by Crippen LogP contribution is -2.53. The molecule has 0 aromatic heterocycles. The van der Waals surface area contributed by atoms with Gasteiger partial charge >= 0.3 is 0 Å². The van der Waals surface area contributed by atoms with Crippen LogP contribution < -0.4 is 10.0 Å². The van der Waals surface area contributed by atoms with Crippen LogP contribution in [0.25, 0.3) is 0 Å². The van der Waals surface area contributed by atoms with Gasteiger partial charge in [0.2, 0.25) is 0 Å². The number of fused-ring (bicyclic) bond motifs is 1. The third-order valence-corrected chi connectivity index (χ3v) is 6.18. The first-order valence-corrected chi connectivity index (χ1v) is 9.11. The van der Waals surface area contributed by atoms with Gasteiger partial charge in [-0.1, -0.05) is 24.6 Å². The first-order chi connectivity index (χ1) is 10.1. The summed E-state index contributed by atoms with van der Waals surface area (Å²) in [6.45, 7) is 3.26. The van der Waals surface area contributed by atoms with Crippen LogP contribution in [0.4, 0.5) is 5.69 Å². The second kappa shape index (κ2) is 5.94. The monoisotopic (exact) mass is 309 g/mol. The van der Waals surface area contributed by atoms with Crippen molar-refractivity contribution < 1.29 is 8.42 Å². The summed E-state index contributed by atoms with van der Waals surface area (Å²) < 4.78 is 29.6. The van der Waals surface area contributed by atoms with Crippen LogP contribution in [-0.4, -0.2) is 37.9 Å². The molecule has 1 aromatic rings. The maximum atomic E-state index is 12.6. The third-order valence-electron chi connectivity index (χ3n) is 4.39. The van der Waals surface area contributed by atoms with E-state index in [1.807, 2.05) is 31.2 Å². The summed E-state index contributed by atoms with van der Waals surface area (Å²) in [5.41, 5.74) is 2.28. The van der Waals surface area contributed by atoms with Gasteiger partial charge in [0.15, 0.2) is 0 Å². The molecule has 0 bridgehead atoms. The van der Waals surface area contributed by atoms with Gasteiger partial charge in [-0.15, -0.1) is 0 Å². The van der Waals surface area contributed by atoms with Gasteiger partial charge in [-0.2, -0.15) is 17.4 Å². The maximum Gasteiger partial charge on any atom is 0.280 e. The molecule has 3 rings (SSSR count). The third kappa shape index (κ3) is 3.22. The highest BCUT2D eigenvalue weighted by Crippen LogP contribution is 2.23. The number of para-hydroxylation sites is 1. The Kier molecular flexibility index (Phi) is 4.19. The van der Waals surface area contributed by atoms with Crippen molar-refractivity contribution in [3.05, 3.63) is 29.8 Å². The van der Waals surface area contributed by atoms with Crippen LogP contribution in [0.3, 0.4) is 0 Å². The Bertz CT molecular complexity index is 603. The van der Waals surface area contributed by atoms with Gasteiger partial charge in [-0.05, 0) is 37.8 Å². The molecular formula is C15H23N3O2S. The summed E-state index contributed by atoms with van der Waals surface area (Å²) in [7, 11) is -3.39. The fraction of sp³-hybridized carbons (Fsp3) is 0.600. The lowest BCUT2D eigenvalue weighted by molar-refractivity contribution is 0.263.